The number of hydrogen-bond donors (Lipinski definition) is 1. The first-order valence-corrected chi connectivity index (χ1v) is 6.12. The normalized spacial score (nSPS) is 10.4. The van der Waals surface area contributed by atoms with E-state index in [1.165, 1.54) is 16.8 Å². The van der Waals surface area contributed by atoms with Crippen LogP contribution in [0.3, 0.4) is 0 Å². The molecule has 0 saturated carbocycles. The molecule has 0 spiro atoms. The van der Waals surface area contributed by atoms with Crippen molar-refractivity contribution in [3.63, 3.8) is 0 Å². The van der Waals surface area contributed by atoms with Gasteiger partial charge in [0.25, 0.3) is 0 Å². The second-order valence-electron chi connectivity index (χ2n) is 4.41. The molecule has 0 bridgehead atoms. The minimum Gasteiger partial charge on any atom is -0.382 e. The van der Waals surface area contributed by atoms with Crippen molar-refractivity contribution < 1.29 is 4.39 Å². The number of rotatable bonds is 3. The molecule has 0 radical (unpaired) electrons. The summed E-state index contributed by atoms with van der Waals surface area (Å²) in [6.45, 7) is 3.80. The summed E-state index contributed by atoms with van der Waals surface area (Å²) in [6, 6.07) is 6.48. The predicted molar refractivity (Wildman–Crippen MR) is 71.4 cm³/mol. The van der Waals surface area contributed by atoms with Crippen LogP contribution in [0.4, 0.5) is 10.2 Å². The zero-order valence-corrected chi connectivity index (χ0v) is 10.9. The fourth-order valence-electron chi connectivity index (χ4n) is 2.05. The smallest absolute Gasteiger partial charge is 0.145 e. The van der Waals surface area contributed by atoms with E-state index in [-0.39, 0.29) is 5.82 Å². The number of halogens is 1. The van der Waals surface area contributed by atoms with Gasteiger partial charge in [-0.05, 0) is 37.1 Å². The first-order chi connectivity index (χ1) is 9.08. The molecule has 98 valence electrons. The molecule has 0 unspecified atom stereocenters. The van der Waals surface area contributed by atoms with Gasteiger partial charge < -0.3 is 5.73 Å². The number of benzene rings is 1. The SMILES string of the molecule is CCCc1nn(-c2ccc(F)cc2C)c(N)c1C#N. The summed E-state index contributed by atoms with van der Waals surface area (Å²) < 4.78 is 14.6. The molecule has 0 amide bonds. The van der Waals surface area contributed by atoms with Crippen LogP contribution < -0.4 is 5.73 Å². The maximum absolute atomic E-state index is 13.1. The second kappa shape index (κ2) is 5.11. The fraction of sp³-hybridized carbons (Fsp3) is 0.286. The molecule has 5 heteroatoms. The first kappa shape index (κ1) is 13.1. The molecule has 2 N–H and O–H groups in total. The molecule has 1 aromatic carbocycles. The van der Waals surface area contributed by atoms with E-state index in [1.807, 2.05) is 6.92 Å². The Morgan fingerprint density at radius 3 is 2.79 bits per heavy atom. The minimum atomic E-state index is -0.304. The van der Waals surface area contributed by atoms with Gasteiger partial charge in [-0.15, -0.1) is 0 Å². The lowest BCUT2D eigenvalue weighted by Crippen LogP contribution is -2.04. The number of aromatic nitrogens is 2. The van der Waals surface area contributed by atoms with Crippen molar-refractivity contribution in [3.05, 3.63) is 40.8 Å². The van der Waals surface area contributed by atoms with Gasteiger partial charge in [0, 0.05) is 0 Å². The molecule has 4 nitrogen and oxygen atoms in total. The van der Waals surface area contributed by atoms with Gasteiger partial charge >= 0.3 is 0 Å². The van der Waals surface area contributed by atoms with Crippen molar-refractivity contribution in [2.45, 2.75) is 26.7 Å². The Morgan fingerprint density at radius 1 is 1.47 bits per heavy atom. The highest BCUT2D eigenvalue weighted by Gasteiger charge is 2.16. The number of nitrogens with two attached hydrogens (primary N) is 1. The van der Waals surface area contributed by atoms with Crippen molar-refractivity contribution in [1.82, 2.24) is 9.78 Å². The summed E-state index contributed by atoms with van der Waals surface area (Å²) in [6.07, 6.45) is 1.58. The Kier molecular flexibility index (Phi) is 3.52. The van der Waals surface area contributed by atoms with Crippen molar-refractivity contribution in [2.24, 2.45) is 0 Å². The molecule has 19 heavy (non-hydrogen) atoms. The zero-order valence-electron chi connectivity index (χ0n) is 10.9. The number of aryl methyl sites for hydroxylation is 2. The summed E-state index contributed by atoms with van der Waals surface area (Å²) in [5.74, 6) is 0.00178. The third-order valence-corrected chi connectivity index (χ3v) is 2.98. The van der Waals surface area contributed by atoms with E-state index >= 15 is 0 Å². The second-order valence-corrected chi connectivity index (χ2v) is 4.41. The molecule has 0 aliphatic carbocycles. The van der Waals surface area contributed by atoms with E-state index in [9.17, 15) is 4.39 Å². The fourth-order valence-corrected chi connectivity index (χ4v) is 2.05. The average Bonchev–Trinajstić information content (AvgIpc) is 2.66. The van der Waals surface area contributed by atoms with Crippen LogP contribution in [0.1, 0.15) is 30.2 Å². The largest absolute Gasteiger partial charge is 0.382 e. The Bertz CT molecular complexity index is 652. The highest BCUT2D eigenvalue weighted by Crippen LogP contribution is 2.23. The maximum Gasteiger partial charge on any atom is 0.145 e. The van der Waals surface area contributed by atoms with Gasteiger partial charge in [-0.2, -0.15) is 10.4 Å². The monoisotopic (exact) mass is 258 g/mol. The van der Waals surface area contributed by atoms with Crippen molar-refractivity contribution in [3.8, 4) is 11.8 Å². The molecule has 0 atom stereocenters. The van der Waals surface area contributed by atoms with E-state index in [2.05, 4.69) is 11.2 Å². The molecule has 2 rings (SSSR count). The van der Waals surface area contributed by atoms with Gasteiger partial charge in [-0.25, -0.2) is 9.07 Å². The summed E-state index contributed by atoms with van der Waals surface area (Å²) in [5.41, 5.74) is 8.48. The van der Waals surface area contributed by atoms with E-state index < -0.39 is 0 Å². The van der Waals surface area contributed by atoms with Crippen LogP contribution in [-0.4, -0.2) is 9.78 Å². The first-order valence-electron chi connectivity index (χ1n) is 6.12. The number of nitriles is 1. The topological polar surface area (TPSA) is 67.6 Å². The quantitative estimate of drug-likeness (QED) is 0.920. The van der Waals surface area contributed by atoms with Crippen molar-refractivity contribution in [2.75, 3.05) is 5.73 Å². The van der Waals surface area contributed by atoms with Crippen LogP contribution in [0.2, 0.25) is 0 Å². The summed E-state index contributed by atoms with van der Waals surface area (Å²) in [7, 11) is 0. The molecule has 0 fully saturated rings. The van der Waals surface area contributed by atoms with E-state index in [4.69, 9.17) is 11.0 Å². The molecule has 1 heterocycles. The molecule has 0 aliphatic heterocycles. The maximum atomic E-state index is 13.1. The number of nitrogen functional groups attached to an aromatic ring is 1. The third kappa shape index (κ3) is 2.29. The van der Waals surface area contributed by atoms with Crippen molar-refractivity contribution >= 4 is 5.82 Å². The molecule has 2 aromatic rings. The van der Waals surface area contributed by atoms with Crippen LogP contribution in [0.15, 0.2) is 18.2 Å². The average molecular weight is 258 g/mol. The lowest BCUT2D eigenvalue weighted by molar-refractivity contribution is 0.625. The molecular formula is C14H15FN4. The van der Waals surface area contributed by atoms with Crippen LogP contribution in [0, 0.1) is 24.1 Å². The molecule has 1 aromatic heterocycles. The Labute approximate surface area is 111 Å². The van der Waals surface area contributed by atoms with Gasteiger partial charge in [0.15, 0.2) is 0 Å². The predicted octanol–water partition coefficient (Wildman–Crippen LogP) is 2.73. The minimum absolute atomic E-state index is 0.304. The summed E-state index contributed by atoms with van der Waals surface area (Å²) in [5, 5.41) is 13.5. The Morgan fingerprint density at radius 2 is 2.21 bits per heavy atom. The highest BCUT2D eigenvalue weighted by atomic mass is 19.1. The Balaban J connectivity index is 2.60. The van der Waals surface area contributed by atoms with Gasteiger partial charge in [-0.3, -0.25) is 0 Å². The summed E-state index contributed by atoms with van der Waals surface area (Å²) >= 11 is 0. The highest BCUT2D eigenvalue weighted by molar-refractivity contribution is 5.57. The van der Waals surface area contributed by atoms with Crippen molar-refractivity contribution in [1.29, 1.82) is 5.26 Å². The standard InChI is InChI=1S/C14H15FN4/c1-3-4-12-11(8-16)14(17)19(18-12)13-6-5-10(15)7-9(13)2/h5-7H,3-4,17H2,1-2H3. The number of anilines is 1. The van der Waals surface area contributed by atoms with Crippen LogP contribution >= 0.6 is 0 Å². The van der Waals surface area contributed by atoms with Gasteiger partial charge in [-0.1, -0.05) is 13.3 Å². The van der Waals surface area contributed by atoms with Crippen LogP contribution in [-0.2, 0) is 6.42 Å². The summed E-state index contributed by atoms with van der Waals surface area (Å²) in [4.78, 5) is 0. The van der Waals surface area contributed by atoms with Gasteiger partial charge in [0.2, 0.25) is 0 Å². The van der Waals surface area contributed by atoms with E-state index in [0.717, 1.165) is 12.0 Å². The molecular weight excluding hydrogens is 243 g/mol. The van der Waals surface area contributed by atoms with Gasteiger partial charge in [0.1, 0.15) is 23.3 Å². The number of hydrogen-bond acceptors (Lipinski definition) is 3. The van der Waals surface area contributed by atoms with E-state index in [0.29, 0.717) is 29.2 Å². The Hall–Kier alpha value is -2.35. The third-order valence-electron chi connectivity index (χ3n) is 2.98. The van der Waals surface area contributed by atoms with E-state index in [1.54, 1.807) is 13.0 Å². The zero-order chi connectivity index (χ0) is 14.0. The van der Waals surface area contributed by atoms with Crippen LogP contribution in [0.5, 0.6) is 0 Å². The molecule has 0 aliphatic rings. The number of nitrogens with zero attached hydrogens (tertiary/aromatic N) is 3. The van der Waals surface area contributed by atoms with Crippen LogP contribution in [0.25, 0.3) is 5.69 Å². The lowest BCUT2D eigenvalue weighted by atomic mass is 10.1. The van der Waals surface area contributed by atoms with Gasteiger partial charge in [0.05, 0.1) is 11.4 Å². The molecule has 0 saturated heterocycles. The lowest BCUT2D eigenvalue weighted by Gasteiger charge is -2.07.